The summed E-state index contributed by atoms with van der Waals surface area (Å²) < 4.78 is 0. The number of piperazine rings is 1. The van der Waals surface area contributed by atoms with Gasteiger partial charge in [-0.25, -0.2) is 0 Å². The summed E-state index contributed by atoms with van der Waals surface area (Å²) >= 11 is 0. The van der Waals surface area contributed by atoms with Gasteiger partial charge < -0.3 is 15.3 Å². The van der Waals surface area contributed by atoms with E-state index in [9.17, 15) is 9.90 Å². The Balaban J connectivity index is 2.02. The van der Waals surface area contributed by atoms with Crippen molar-refractivity contribution in [1.82, 2.24) is 5.32 Å². The molecule has 1 aromatic carbocycles. The van der Waals surface area contributed by atoms with Crippen LogP contribution in [0.5, 0.6) is 5.75 Å². The van der Waals surface area contributed by atoms with Gasteiger partial charge in [-0.1, -0.05) is 6.07 Å². The number of aromatic hydroxyl groups is 1. The Morgan fingerprint density at radius 3 is 3.19 bits per heavy atom. The number of hydrogen-bond donors (Lipinski definition) is 2. The number of phenolic OH excluding ortho intramolecular Hbond substituents is 1. The Morgan fingerprint density at radius 2 is 2.31 bits per heavy atom. The Hall–Kier alpha value is -1.71. The lowest BCUT2D eigenvalue weighted by Crippen LogP contribution is -2.56. The average Bonchev–Trinajstić information content (AvgIpc) is 2.29. The van der Waals surface area contributed by atoms with Crippen molar-refractivity contribution in [3.63, 3.8) is 0 Å². The molecule has 1 unspecified atom stereocenters. The Kier molecular flexibility index (Phi) is 2.02. The van der Waals surface area contributed by atoms with Crippen LogP contribution in [0, 0.1) is 0 Å². The fourth-order valence-electron chi connectivity index (χ4n) is 2.57. The summed E-state index contributed by atoms with van der Waals surface area (Å²) in [4.78, 5) is 13.5. The summed E-state index contributed by atoms with van der Waals surface area (Å²) in [7, 11) is 0. The fraction of sp³-hybridized carbons (Fsp3) is 0.417. The van der Waals surface area contributed by atoms with Crippen LogP contribution in [0.15, 0.2) is 18.2 Å². The van der Waals surface area contributed by atoms with Crippen molar-refractivity contribution in [2.45, 2.75) is 18.9 Å². The SMILES string of the molecule is O=C1CN2c3cc(O)ccc3CCC2CN1. The minimum absolute atomic E-state index is 0.0624. The van der Waals surface area contributed by atoms with Crippen LogP contribution in [0.1, 0.15) is 12.0 Å². The highest BCUT2D eigenvalue weighted by atomic mass is 16.3. The van der Waals surface area contributed by atoms with E-state index in [4.69, 9.17) is 0 Å². The van der Waals surface area contributed by atoms with Crippen LogP contribution in [0.2, 0.25) is 0 Å². The van der Waals surface area contributed by atoms with E-state index in [0.717, 1.165) is 18.5 Å². The molecule has 0 spiro atoms. The number of carbonyl (C=O) groups is 1. The van der Waals surface area contributed by atoms with Gasteiger partial charge in [0.15, 0.2) is 0 Å². The first-order valence-electron chi connectivity index (χ1n) is 5.59. The molecule has 1 atom stereocenters. The molecule has 2 N–H and O–H groups in total. The van der Waals surface area contributed by atoms with Crippen LogP contribution in [-0.2, 0) is 11.2 Å². The topological polar surface area (TPSA) is 52.6 Å². The molecule has 0 bridgehead atoms. The van der Waals surface area contributed by atoms with Gasteiger partial charge in [0.05, 0.1) is 6.54 Å². The third-order valence-corrected chi connectivity index (χ3v) is 3.41. The van der Waals surface area contributed by atoms with Gasteiger partial charge in [0, 0.05) is 24.3 Å². The van der Waals surface area contributed by atoms with E-state index in [1.165, 1.54) is 5.56 Å². The maximum Gasteiger partial charge on any atom is 0.239 e. The molecule has 3 rings (SSSR count). The summed E-state index contributed by atoms with van der Waals surface area (Å²) in [5, 5.41) is 12.4. The zero-order valence-electron chi connectivity index (χ0n) is 8.94. The van der Waals surface area contributed by atoms with Crippen LogP contribution in [0.4, 0.5) is 5.69 Å². The van der Waals surface area contributed by atoms with E-state index in [0.29, 0.717) is 19.1 Å². The molecule has 0 saturated carbocycles. The highest BCUT2D eigenvalue weighted by Gasteiger charge is 2.31. The monoisotopic (exact) mass is 218 g/mol. The number of aryl methyl sites for hydroxylation is 1. The molecule has 0 aromatic heterocycles. The Morgan fingerprint density at radius 1 is 1.44 bits per heavy atom. The van der Waals surface area contributed by atoms with Gasteiger partial charge in [0.25, 0.3) is 0 Å². The van der Waals surface area contributed by atoms with Crippen LogP contribution < -0.4 is 10.2 Å². The largest absolute Gasteiger partial charge is 0.508 e. The molecular formula is C12H14N2O2. The highest BCUT2D eigenvalue weighted by molar-refractivity contribution is 5.83. The van der Waals surface area contributed by atoms with Crippen molar-refractivity contribution in [1.29, 1.82) is 0 Å². The van der Waals surface area contributed by atoms with Crippen LogP contribution >= 0.6 is 0 Å². The molecular weight excluding hydrogens is 204 g/mol. The van der Waals surface area contributed by atoms with E-state index in [2.05, 4.69) is 10.2 Å². The molecule has 2 heterocycles. The van der Waals surface area contributed by atoms with Crippen molar-refractivity contribution in [2.24, 2.45) is 0 Å². The number of nitrogens with zero attached hydrogens (tertiary/aromatic N) is 1. The van der Waals surface area contributed by atoms with Crippen molar-refractivity contribution >= 4 is 11.6 Å². The minimum atomic E-state index is 0.0624. The molecule has 1 saturated heterocycles. The molecule has 4 nitrogen and oxygen atoms in total. The fourth-order valence-corrected chi connectivity index (χ4v) is 2.57. The third-order valence-electron chi connectivity index (χ3n) is 3.41. The smallest absolute Gasteiger partial charge is 0.239 e. The van der Waals surface area contributed by atoms with Crippen LogP contribution in [0.25, 0.3) is 0 Å². The lowest BCUT2D eigenvalue weighted by Gasteiger charge is -2.41. The molecule has 2 aliphatic heterocycles. The van der Waals surface area contributed by atoms with Gasteiger partial charge in [0.2, 0.25) is 5.91 Å². The number of rotatable bonds is 0. The maximum atomic E-state index is 11.4. The zero-order chi connectivity index (χ0) is 11.1. The van der Waals surface area contributed by atoms with Crippen molar-refractivity contribution in [3.8, 4) is 5.75 Å². The van der Waals surface area contributed by atoms with Crippen molar-refractivity contribution < 1.29 is 9.90 Å². The third kappa shape index (κ3) is 1.41. The van der Waals surface area contributed by atoms with Gasteiger partial charge in [-0.05, 0) is 24.5 Å². The highest BCUT2D eigenvalue weighted by Crippen LogP contribution is 2.33. The van der Waals surface area contributed by atoms with Crippen molar-refractivity contribution in [2.75, 3.05) is 18.0 Å². The molecule has 1 amide bonds. The van der Waals surface area contributed by atoms with Gasteiger partial charge >= 0.3 is 0 Å². The van der Waals surface area contributed by atoms with Gasteiger partial charge in [-0.3, -0.25) is 4.79 Å². The number of nitrogens with one attached hydrogen (secondary N) is 1. The van der Waals surface area contributed by atoms with Gasteiger partial charge in [0.1, 0.15) is 5.75 Å². The first-order valence-corrected chi connectivity index (χ1v) is 5.59. The Bertz CT molecular complexity index is 445. The quantitative estimate of drug-likeness (QED) is 0.672. The normalized spacial score (nSPS) is 23.4. The second-order valence-corrected chi connectivity index (χ2v) is 4.44. The minimum Gasteiger partial charge on any atom is -0.508 e. The van der Waals surface area contributed by atoms with E-state index < -0.39 is 0 Å². The second-order valence-electron chi connectivity index (χ2n) is 4.44. The first kappa shape index (κ1) is 9.51. The summed E-state index contributed by atoms with van der Waals surface area (Å²) in [6.07, 6.45) is 2.09. The predicted molar refractivity (Wildman–Crippen MR) is 60.6 cm³/mol. The molecule has 1 aromatic rings. The summed E-state index contributed by atoms with van der Waals surface area (Å²) in [6.45, 7) is 1.12. The molecule has 0 aliphatic carbocycles. The first-order chi connectivity index (χ1) is 7.74. The molecule has 4 heteroatoms. The summed E-state index contributed by atoms with van der Waals surface area (Å²) in [6, 6.07) is 5.81. The van der Waals surface area contributed by atoms with E-state index in [1.54, 1.807) is 12.1 Å². The van der Waals surface area contributed by atoms with Crippen LogP contribution in [0.3, 0.4) is 0 Å². The molecule has 1 fully saturated rings. The predicted octanol–water partition coefficient (Wildman–Crippen LogP) is 0.643. The summed E-state index contributed by atoms with van der Waals surface area (Å²) in [5.41, 5.74) is 2.25. The molecule has 16 heavy (non-hydrogen) atoms. The number of anilines is 1. The Labute approximate surface area is 93.9 Å². The number of amides is 1. The maximum absolute atomic E-state index is 11.4. The molecule has 0 radical (unpaired) electrons. The van der Waals surface area contributed by atoms with Crippen molar-refractivity contribution in [3.05, 3.63) is 23.8 Å². The lowest BCUT2D eigenvalue weighted by atomic mass is 9.94. The lowest BCUT2D eigenvalue weighted by molar-refractivity contribution is -0.120. The number of hydrogen-bond acceptors (Lipinski definition) is 3. The van der Waals surface area contributed by atoms with E-state index >= 15 is 0 Å². The zero-order valence-corrected chi connectivity index (χ0v) is 8.94. The van der Waals surface area contributed by atoms with E-state index in [-0.39, 0.29) is 11.7 Å². The number of phenols is 1. The number of carbonyl (C=O) groups excluding carboxylic acids is 1. The second kappa shape index (κ2) is 3.40. The molecule has 84 valence electrons. The van der Waals surface area contributed by atoms with Gasteiger partial charge in [-0.2, -0.15) is 0 Å². The number of benzene rings is 1. The average molecular weight is 218 g/mol. The standard InChI is InChI=1S/C12H14N2O2/c15-10-4-2-8-1-3-9-6-13-12(16)7-14(9)11(8)5-10/h2,4-5,9,15H,1,3,6-7H2,(H,13,16). The van der Waals surface area contributed by atoms with Gasteiger partial charge in [-0.15, -0.1) is 0 Å². The van der Waals surface area contributed by atoms with E-state index in [1.807, 2.05) is 6.07 Å². The molecule has 2 aliphatic rings. The van der Waals surface area contributed by atoms with Crippen LogP contribution in [-0.4, -0.2) is 30.1 Å². The number of fused-ring (bicyclic) bond motifs is 3. The summed E-state index contributed by atoms with van der Waals surface area (Å²) in [5.74, 6) is 0.331.